The lowest BCUT2D eigenvalue weighted by atomic mass is 9.86. The van der Waals surface area contributed by atoms with Crippen LogP contribution in [0.25, 0.3) is 0 Å². The van der Waals surface area contributed by atoms with Gasteiger partial charge in [-0.1, -0.05) is 0 Å². The summed E-state index contributed by atoms with van der Waals surface area (Å²) in [4.78, 5) is 26.2. The number of H-pyrrole nitrogens is 1. The minimum Gasteiger partial charge on any atom is -0.388 e. The van der Waals surface area contributed by atoms with Crippen molar-refractivity contribution in [3.05, 3.63) is 33.7 Å². The molecule has 0 atom stereocenters. The average Bonchev–Trinajstić information content (AvgIpc) is 2.14. The van der Waals surface area contributed by atoms with E-state index in [4.69, 9.17) is 0 Å². The van der Waals surface area contributed by atoms with Gasteiger partial charge in [0, 0.05) is 5.69 Å². The molecule has 5 heteroatoms. The largest absolute Gasteiger partial charge is 0.388 e. The highest BCUT2D eigenvalue weighted by atomic mass is 16.3. The van der Waals surface area contributed by atoms with E-state index in [1.54, 1.807) is 40.7 Å². The van der Waals surface area contributed by atoms with Crippen molar-refractivity contribution in [1.29, 1.82) is 0 Å². The van der Waals surface area contributed by atoms with E-state index in [1.807, 2.05) is 0 Å². The van der Waals surface area contributed by atoms with Crippen molar-refractivity contribution < 1.29 is 9.90 Å². The monoisotopic (exact) mass is 252 g/mol. The Kier molecular flexibility index (Phi) is 3.67. The smallest absolute Gasteiger partial charge is 0.260 e. The molecule has 0 aliphatic rings. The fourth-order valence-corrected chi connectivity index (χ4v) is 1.26. The summed E-state index contributed by atoms with van der Waals surface area (Å²) >= 11 is 0. The van der Waals surface area contributed by atoms with E-state index in [2.05, 4.69) is 10.3 Å². The molecule has 0 aliphatic carbocycles. The zero-order chi connectivity index (χ0) is 14.1. The number of rotatable bonds is 3. The van der Waals surface area contributed by atoms with E-state index < -0.39 is 22.6 Å². The first-order chi connectivity index (χ1) is 8.04. The number of amides is 1. The summed E-state index contributed by atoms with van der Waals surface area (Å²) in [5, 5.41) is 12.6. The van der Waals surface area contributed by atoms with Gasteiger partial charge in [0.1, 0.15) is 5.56 Å². The van der Waals surface area contributed by atoms with Crippen molar-refractivity contribution >= 4 is 5.91 Å². The van der Waals surface area contributed by atoms with Crippen LogP contribution in [0.5, 0.6) is 0 Å². The zero-order valence-electron chi connectivity index (χ0n) is 11.4. The number of hydrogen-bond acceptors (Lipinski definition) is 3. The molecule has 1 aromatic heterocycles. The van der Waals surface area contributed by atoms with Gasteiger partial charge in [0.15, 0.2) is 0 Å². The standard InChI is InChI=1S/C13H20N2O3/c1-8-6-7-9(10(16)14-8)11(17)15-12(2,3)13(4,5)18/h6-7,18H,1-5H3,(H,14,16)(H,15,17). The van der Waals surface area contributed by atoms with Gasteiger partial charge in [0.2, 0.25) is 0 Å². The molecule has 0 aliphatic heterocycles. The Hall–Kier alpha value is -1.62. The average molecular weight is 252 g/mol. The number of hydrogen-bond donors (Lipinski definition) is 3. The third-order valence-corrected chi connectivity index (χ3v) is 3.26. The molecular formula is C13H20N2O3. The lowest BCUT2D eigenvalue weighted by Crippen LogP contribution is -2.58. The van der Waals surface area contributed by atoms with Crippen molar-refractivity contribution in [3.63, 3.8) is 0 Å². The molecule has 1 aromatic rings. The molecule has 0 saturated carbocycles. The molecule has 5 nitrogen and oxygen atoms in total. The number of carbonyl (C=O) groups excluding carboxylic acids is 1. The van der Waals surface area contributed by atoms with Crippen LogP contribution in [0.3, 0.4) is 0 Å². The van der Waals surface area contributed by atoms with E-state index in [-0.39, 0.29) is 5.56 Å². The summed E-state index contributed by atoms with van der Waals surface area (Å²) in [6.45, 7) is 8.35. The number of aliphatic hydroxyl groups is 1. The molecule has 0 spiro atoms. The van der Waals surface area contributed by atoms with E-state index in [0.717, 1.165) is 0 Å². The summed E-state index contributed by atoms with van der Waals surface area (Å²) in [7, 11) is 0. The summed E-state index contributed by atoms with van der Waals surface area (Å²) in [6.07, 6.45) is 0. The van der Waals surface area contributed by atoms with Gasteiger partial charge in [-0.15, -0.1) is 0 Å². The van der Waals surface area contributed by atoms with Crippen molar-refractivity contribution in [3.8, 4) is 0 Å². The quantitative estimate of drug-likeness (QED) is 0.749. The third-order valence-electron chi connectivity index (χ3n) is 3.26. The van der Waals surface area contributed by atoms with Crippen LogP contribution >= 0.6 is 0 Å². The van der Waals surface area contributed by atoms with E-state index >= 15 is 0 Å². The van der Waals surface area contributed by atoms with Crippen LogP contribution < -0.4 is 10.9 Å². The minimum atomic E-state index is -1.10. The van der Waals surface area contributed by atoms with Crippen molar-refractivity contribution in [2.45, 2.75) is 45.8 Å². The maximum atomic E-state index is 12.0. The van der Waals surface area contributed by atoms with Gasteiger partial charge >= 0.3 is 0 Å². The molecule has 0 radical (unpaired) electrons. The molecule has 1 heterocycles. The van der Waals surface area contributed by atoms with Gasteiger partial charge in [-0.25, -0.2) is 0 Å². The van der Waals surface area contributed by atoms with Gasteiger partial charge in [0.25, 0.3) is 11.5 Å². The number of aromatic amines is 1. The number of carbonyl (C=O) groups is 1. The molecule has 0 unspecified atom stereocenters. The fraction of sp³-hybridized carbons (Fsp3) is 0.538. The van der Waals surface area contributed by atoms with Gasteiger partial charge in [-0.05, 0) is 46.8 Å². The van der Waals surface area contributed by atoms with Crippen molar-refractivity contribution in [2.24, 2.45) is 0 Å². The topological polar surface area (TPSA) is 82.2 Å². The van der Waals surface area contributed by atoms with E-state index in [1.165, 1.54) is 6.07 Å². The molecule has 0 aromatic carbocycles. The molecule has 1 amide bonds. The summed E-state index contributed by atoms with van der Waals surface area (Å²) in [5.74, 6) is -0.497. The summed E-state index contributed by atoms with van der Waals surface area (Å²) in [5.41, 5.74) is -1.64. The highest BCUT2D eigenvalue weighted by Crippen LogP contribution is 2.20. The van der Waals surface area contributed by atoms with Crippen LogP contribution in [0.2, 0.25) is 0 Å². The first-order valence-corrected chi connectivity index (χ1v) is 5.79. The Balaban J connectivity index is 3.00. The second-order valence-electron chi connectivity index (χ2n) is 5.52. The van der Waals surface area contributed by atoms with Crippen LogP contribution in [0.4, 0.5) is 0 Å². The normalized spacial score (nSPS) is 12.3. The first kappa shape index (κ1) is 14.4. The van der Waals surface area contributed by atoms with E-state index in [0.29, 0.717) is 5.69 Å². The Bertz CT molecular complexity index is 510. The molecule has 0 fully saturated rings. The molecule has 18 heavy (non-hydrogen) atoms. The highest BCUT2D eigenvalue weighted by molar-refractivity contribution is 5.94. The second kappa shape index (κ2) is 4.57. The molecule has 100 valence electrons. The van der Waals surface area contributed by atoms with E-state index in [9.17, 15) is 14.7 Å². The second-order valence-corrected chi connectivity index (χ2v) is 5.52. The van der Waals surface area contributed by atoms with Crippen molar-refractivity contribution in [1.82, 2.24) is 10.3 Å². The van der Waals surface area contributed by atoms with Gasteiger partial charge in [-0.2, -0.15) is 0 Å². The Morgan fingerprint density at radius 1 is 1.28 bits per heavy atom. The van der Waals surface area contributed by atoms with Crippen LogP contribution in [0, 0.1) is 6.92 Å². The number of aryl methyl sites for hydroxylation is 1. The molecule has 0 bridgehead atoms. The number of pyridine rings is 1. The molecule has 3 N–H and O–H groups in total. The van der Waals surface area contributed by atoms with Crippen molar-refractivity contribution in [2.75, 3.05) is 0 Å². The van der Waals surface area contributed by atoms with Gasteiger partial charge in [-0.3, -0.25) is 9.59 Å². The fourth-order valence-electron chi connectivity index (χ4n) is 1.26. The minimum absolute atomic E-state index is 0.0397. The van der Waals surface area contributed by atoms with Crippen LogP contribution in [0.15, 0.2) is 16.9 Å². The Morgan fingerprint density at radius 3 is 2.28 bits per heavy atom. The SMILES string of the molecule is Cc1ccc(C(=O)NC(C)(C)C(C)(C)O)c(=O)[nH]1. The lowest BCUT2D eigenvalue weighted by molar-refractivity contribution is -0.00296. The van der Waals surface area contributed by atoms with Gasteiger partial charge in [0.05, 0.1) is 11.1 Å². The predicted octanol–water partition coefficient (Wildman–Crippen LogP) is 0.963. The zero-order valence-corrected chi connectivity index (χ0v) is 11.4. The highest BCUT2D eigenvalue weighted by Gasteiger charge is 2.36. The summed E-state index contributed by atoms with van der Waals surface area (Å²) < 4.78 is 0. The molecule has 0 saturated heterocycles. The van der Waals surface area contributed by atoms with Crippen LogP contribution in [0.1, 0.15) is 43.7 Å². The van der Waals surface area contributed by atoms with Crippen LogP contribution in [-0.2, 0) is 0 Å². The Labute approximate surface area is 106 Å². The molecule has 1 rings (SSSR count). The Morgan fingerprint density at radius 2 is 1.83 bits per heavy atom. The first-order valence-electron chi connectivity index (χ1n) is 5.79. The maximum absolute atomic E-state index is 12.0. The number of nitrogens with one attached hydrogen (secondary N) is 2. The predicted molar refractivity (Wildman–Crippen MR) is 69.6 cm³/mol. The summed E-state index contributed by atoms with van der Waals surface area (Å²) in [6, 6.07) is 3.14. The third kappa shape index (κ3) is 2.98. The maximum Gasteiger partial charge on any atom is 0.260 e. The molecular weight excluding hydrogens is 232 g/mol. The van der Waals surface area contributed by atoms with Crippen LogP contribution in [-0.4, -0.2) is 27.1 Å². The van der Waals surface area contributed by atoms with Gasteiger partial charge < -0.3 is 15.4 Å². The lowest BCUT2D eigenvalue weighted by Gasteiger charge is -2.37. The number of aromatic nitrogens is 1.